The molecule has 0 radical (unpaired) electrons. The van der Waals surface area contributed by atoms with Gasteiger partial charge in [0.25, 0.3) is 0 Å². The Morgan fingerprint density at radius 1 is 1.21 bits per heavy atom. The van der Waals surface area contributed by atoms with Crippen molar-refractivity contribution in [1.82, 2.24) is 10.3 Å². The van der Waals surface area contributed by atoms with Crippen molar-refractivity contribution in [1.29, 1.82) is 5.26 Å². The summed E-state index contributed by atoms with van der Waals surface area (Å²) in [6.07, 6.45) is -0.579. The number of rotatable bonds is 9. The number of aromatic nitrogens is 1. The van der Waals surface area contributed by atoms with Crippen LogP contribution in [-0.4, -0.2) is 56.1 Å². The Kier molecular flexibility index (Phi) is 9.21. The highest BCUT2D eigenvalue weighted by Crippen LogP contribution is 2.26. The number of benzene rings is 1. The molecule has 0 unspecified atom stereocenters. The number of pyridine rings is 1. The minimum Gasteiger partial charge on any atom is -0.465 e. The van der Waals surface area contributed by atoms with Crippen LogP contribution in [0.2, 0.25) is 0 Å². The smallest absolute Gasteiger partial charge is 0.408 e. The number of carbonyl (C=O) groups is 2. The van der Waals surface area contributed by atoms with Gasteiger partial charge in [0.1, 0.15) is 28.9 Å². The Morgan fingerprint density at radius 3 is 2.53 bits per heavy atom. The lowest BCUT2D eigenvalue weighted by atomic mass is 10.1. The van der Waals surface area contributed by atoms with Crippen molar-refractivity contribution in [3.05, 3.63) is 47.0 Å². The van der Waals surface area contributed by atoms with E-state index in [-0.39, 0.29) is 30.1 Å². The zero-order valence-electron chi connectivity index (χ0n) is 20.3. The molecule has 1 heterocycles. The fourth-order valence-corrected chi connectivity index (χ4v) is 3.04. The third-order valence-corrected chi connectivity index (χ3v) is 4.43. The van der Waals surface area contributed by atoms with Crippen molar-refractivity contribution in [2.24, 2.45) is 0 Å². The first kappa shape index (κ1) is 26.4. The van der Waals surface area contributed by atoms with Crippen LogP contribution >= 0.6 is 0 Å². The predicted octanol–water partition coefficient (Wildman–Crippen LogP) is 3.74. The lowest BCUT2D eigenvalue weighted by molar-refractivity contribution is 0.0473. The van der Waals surface area contributed by atoms with Crippen molar-refractivity contribution < 1.29 is 23.8 Å². The molecule has 34 heavy (non-hydrogen) atoms. The maximum atomic E-state index is 12.4. The van der Waals surface area contributed by atoms with Crippen LogP contribution in [0.25, 0.3) is 0 Å². The van der Waals surface area contributed by atoms with Gasteiger partial charge in [0.2, 0.25) is 0 Å². The quantitative estimate of drug-likeness (QED) is 0.469. The maximum absolute atomic E-state index is 12.4. The third-order valence-electron chi connectivity index (χ3n) is 4.43. The van der Waals surface area contributed by atoms with Gasteiger partial charge in [0.15, 0.2) is 0 Å². The number of alkyl carbamates (subject to hydrolysis) is 1. The fraction of sp³-hybridized carbons (Fsp3) is 0.417. The minimum absolute atomic E-state index is 0.0253. The van der Waals surface area contributed by atoms with Crippen molar-refractivity contribution in [3.8, 4) is 6.07 Å². The van der Waals surface area contributed by atoms with E-state index in [1.807, 2.05) is 37.3 Å². The first-order chi connectivity index (χ1) is 16.1. The molecule has 10 nitrogen and oxygen atoms in total. The van der Waals surface area contributed by atoms with Crippen molar-refractivity contribution >= 4 is 29.4 Å². The molecule has 10 heteroatoms. The molecule has 0 saturated carbocycles. The highest BCUT2D eigenvalue weighted by Gasteiger charge is 2.22. The van der Waals surface area contributed by atoms with Crippen molar-refractivity contribution in [2.45, 2.75) is 39.3 Å². The molecule has 2 rings (SSSR count). The van der Waals surface area contributed by atoms with Crippen molar-refractivity contribution in [2.75, 3.05) is 38.0 Å². The van der Waals surface area contributed by atoms with Gasteiger partial charge in [-0.1, -0.05) is 12.1 Å². The number of methoxy groups -OCH3 is 2. The number of anilines is 3. The van der Waals surface area contributed by atoms with Gasteiger partial charge < -0.3 is 30.2 Å². The summed E-state index contributed by atoms with van der Waals surface area (Å²) in [5.74, 6) is -0.191. The Bertz CT molecular complexity index is 1060. The van der Waals surface area contributed by atoms with Crippen molar-refractivity contribution in [3.63, 3.8) is 0 Å². The summed E-state index contributed by atoms with van der Waals surface area (Å²) in [6.45, 7) is 7.70. The van der Waals surface area contributed by atoms with Crippen LogP contribution in [0.4, 0.5) is 22.1 Å². The zero-order valence-corrected chi connectivity index (χ0v) is 20.3. The molecule has 0 aliphatic carbocycles. The summed E-state index contributed by atoms with van der Waals surface area (Å²) in [5.41, 5.74) is 1.18. The molecule has 1 aromatic heterocycles. The van der Waals surface area contributed by atoms with Crippen LogP contribution in [0.5, 0.6) is 0 Å². The van der Waals surface area contributed by atoms with E-state index < -0.39 is 23.7 Å². The normalized spacial score (nSPS) is 11.7. The van der Waals surface area contributed by atoms with Crippen LogP contribution in [-0.2, 0) is 14.2 Å². The number of esters is 1. The number of carbonyl (C=O) groups excluding carboxylic acids is 2. The number of aryl methyl sites for hydroxylation is 1. The number of nitriles is 1. The molecule has 0 bridgehead atoms. The minimum atomic E-state index is -0.686. The predicted molar refractivity (Wildman–Crippen MR) is 128 cm³/mol. The molecule has 3 N–H and O–H groups in total. The third kappa shape index (κ3) is 7.94. The number of hydrogen-bond acceptors (Lipinski definition) is 9. The molecule has 0 aliphatic rings. The summed E-state index contributed by atoms with van der Waals surface area (Å²) < 4.78 is 15.4. The Labute approximate surface area is 199 Å². The van der Waals surface area contributed by atoms with Crippen LogP contribution in [0.1, 0.15) is 42.3 Å². The Balaban J connectivity index is 2.31. The number of nitrogens with zero attached hydrogens (tertiary/aromatic N) is 2. The molecule has 1 aromatic carbocycles. The lowest BCUT2D eigenvalue weighted by Crippen LogP contribution is -2.45. The van der Waals surface area contributed by atoms with Crippen LogP contribution in [0, 0.1) is 18.3 Å². The van der Waals surface area contributed by atoms with E-state index in [1.165, 1.54) is 20.3 Å². The second kappa shape index (κ2) is 11.9. The summed E-state index contributed by atoms with van der Waals surface area (Å²) >= 11 is 0. The lowest BCUT2D eigenvalue weighted by Gasteiger charge is -2.24. The topological polar surface area (TPSA) is 135 Å². The van der Waals surface area contributed by atoms with Crippen LogP contribution in [0.3, 0.4) is 0 Å². The van der Waals surface area contributed by atoms with Gasteiger partial charge in [-0.3, -0.25) is 0 Å². The molecular weight excluding hydrogens is 438 g/mol. The van der Waals surface area contributed by atoms with E-state index in [4.69, 9.17) is 14.2 Å². The van der Waals surface area contributed by atoms with E-state index in [9.17, 15) is 14.9 Å². The molecular formula is C24H31N5O5. The van der Waals surface area contributed by atoms with E-state index in [0.717, 1.165) is 5.56 Å². The number of amides is 1. The Morgan fingerprint density at radius 2 is 1.94 bits per heavy atom. The molecule has 0 aliphatic heterocycles. The summed E-state index contributed by atoms with van der Waals surface area (Å²) in [4.78, 5) is 29.1. The van der Waals surface area contributed by atoms with E-state index >= 15 is 0 Å². The monoisotopic (exact) mass is 469 g/mol. The number of ether oxygens (including phenoxy) is 3. The zero-order chi connectivity index (χ0) is 25.3. The molecule has 0 saturated heterocycles. The molecule has 0 fully saturated rings. The fourth-order valence-electron chi connectivity index (χ4n) is 3.04. The van der Waals surface area contributed by atoms with Gasteiger partial charge in [-0.05, 0) is 51.5 Å². The second-order valence-electron chi connectivity index (χ2n) is 8.56. The number of nitrogens with one attached hydrogen (secondary N) is 3. The SMILES string of the molecule is COC[C@@H](CNc1cc(C#N)c(C(=O)OC)c(Nc2cccc(C)c2)n1)NC(=O)OC(C)(C)C. The van der Waals surface area contributed by atoms with E-state index in [1.54, 1.807) is 20.8 Å². The average molecular weight is 470 g/mol. The molecule has 182 valence electrons. The Hall–Kier alpha value is -3.84. The summed E-state index contributed by atoms with van der Waals surface area (Å²) in [6, 6.07) is 10.5. The van der Waals surface area contributed by atoms with Gasteiger partial charge >= 0.3 is 12.1 Å². The first-order valence-electron chi connectivity index (χ1n) is 10.7. The molecule has 0 spiro atoms. The second-order valence-corrected chi connectivity index (χ2v) is 8.56. The highest BCUT2D eigenvalue weighted by atomic mass is 16.6. The van der Waals surface area contributed by atoms with E-state index in [0.29, 0.717) is 11.5 Å². The number of hydrogen-bond donors (Lipinski definition) is 3. The summed E-state index contributed by atoms with van der Waals surface area (Å²) in [5, 5.41) is 18.6. The molecule has 1 amide bonds. The van der Waals surface area contributed by atoms with Crippen LogP contribution < -0.4 is 16.0 Å². The maximum Gasteiger partial charge on any atom is 0.408 e. The van der Waals surface area contributed by atoms with Gasteiger partial charge in [0.05, 0.1) is 25.3 Å². The van der Waals surface area contributed by atoms with E-state index in [2.05, 4.69) is 20.9 Å². The van der Waals surface area contributed by atoms with Gasteiger partial charge in [-0.2, -0.15) is 5.26 Å². The molecule has 2 aromatic rings. The van der Waals surface area contributed by atoms with Gasteiger partial charge in [0, 0.05) is 19.3 Å². The summed E-state index contributed by atoms with van der Waals surface area (Å²) in [7, 11) is 2.76. The van der Waals surface area contributed by atoms with Gasteiger partial charge in [-0.25, -0.2) is 14.6 Å². The van der Waals surface area contributed by atoms with Gasteiger partial charge in [-0.15, -0.1) is 0 Å². The van der Waals surface area contributed by atoms with Crippen LogP contribution in [0.15, 0.2) is 30.3 Å². The molecule has 1 atom stereocenters. The highest BCUT2D eigenvalue weighted by molar-refractivity contribution is 5.98. The largest absolute Gasteiger partial charge is 0.465 e. The average Bonchev–Trinajstić information content (AvgIpc) is 2.75. The standard InChI is InChI=1S/C24H31N5O5/c1-15-8-7-9-17(10-15)27-21-20(22(30)33-6)16(12-25)11-19(29-21)26-13-18(14-32-5)28-23(31)34-24(2,3)4/h7-11,18H,13-14H2,1-6H3,(H,28,31)(H2,26,27,29)/t18-/m1/s1. The first-order valence-corrected chi connectivity index (χ1v) is 10.7.